The Morgan fingerprint density at radius 2 is 1.94 bits per heavy atom. The second-order valence-electron chi connectivity index (χ2n) is 8.67. The number of halogens is 2. The molecule has 1 heterocycles. The zero-order valence-electron chi connectivity index (χ0n) is 19.3. The van der Waals surface area contributed by atoms with Gasteiger partial charge in [-0.1, -0.05) is 18.2 Å². The molecule has 1 aliphatic rings. The first kappa shape index (κ1) is 24.8. The van der Waals surface area contributed by atoms with Gasteiger partial charge in [-0.2, -0.15) is 0 Å². The van der Waals surface area contributed by atoms with Gasteiger partial charge in [-0.05, 0) is 49.2 Å². The summed E-state index contributed by atoms with van der Waals surface area (Å²) in [6.45, 7) is 6.47. The van der Waals surface area contributed by atoms with Crippen molar-refractivity contribution in [3.8, 4) is 0 Å². The van der Waals surface area contributed by atoms with Crippen LogP contribution in [0.5, 0.6) is 0 Å². The van der Waals surface area contributed by atoms with E-state index < -0.39 is 11.6 Å². The topological polar surface area (TPSA) is 61.9 Å². The van der Waals surface area contributed by atoms with Gasteiger partial charge in [0.2, 0.25) is 5.91 Å². The van der Waals surface area contributed by atoms with E-state index in [1.54, 1.807) is 36.2 Å². The van der Waals surface area contributed by atoms with Crippen LogP contribution >= 0.6 is 0 Å². The molecule has 33 heavy (non-hydrogen) atoms. The minimum atomic E-state index is -0.858. The van der Waals surface area contributed by atoms with Crippen LogP contribution in [0.2, 0.25) is 0 Å². The molecule has 8 heteroatoms. The van der Waals surface area contributed by atoms with Gasteiger partial charge in [0.1, 0.15) is 0 Å². The lowest BCUT2D eigenvalue weighted by atomic mass is 10.1. The molecule has 0 aromatic heterocycles. The number of morpholine rings is 1. The van der Waals surface area contributed by atoms with Crippen molar-refractivity contribution in [1.82, 2.24) is 15.1 Å². The Morgan fingerprint density at radius 1 is 1.15 bits per heavy atom. The van der Waals surface area contributed by atoms with Crippen LogP contribution in [0.3, 0.4) is 0 Å². The molecule has 0 radical (unpaired) electrons. The molecule has 1 atom stereocenters. The van der Waals surface area contributed by atoms with Gasteiger partial charge in [-0.25, -0.2) is 8.78 Å². The molecule has 1 N–H and O–H groups in total. The molecule has 1 aliphatic heterocycles. The molecule has 0 spiro atoms. The van der Waals surface area contributed by atoms with E-state index in [-0.39, 0.29) is 30.4 Å². The number of nitrogens with one attached hydrogen (secondary N) is 1. The van der Waals surface area contributed by atoms with Crippen molar-refractivity contribution >= 4 is 11.8 Å². The maximum atomic E-state index is 13.5. The summed E-state index contributed by atoms with van der Waals surface area (Å²) >= 11 is 0. The summed E-state index contributed by atoms with van der Waals surface area (Å²) in [5.74, 6) is -1.95. The molecular weight excluding hydrogens is 428 g/mol. The summed E-state index contributed by atoms with van der Waals surface area (Å²) in [4.78, 5) is 28.7. The molecule has 6 nitrogen and oxygen atoms in total. The van der Waals surface area contributed by atoms with Crippen molar-refractivity contribution in [2.24, 2.45) is 0 Å². The van der Waals surface area contributed by atoms with Crippen LogP contribution in [-0.4, -0.2) is 67.0 Å². The highest BCUT2D eigenvalue weighted by Gasteiger charge is 2.22. The maximum Gasteiger partial charge on any atom is 0.253 e. The second-order valence-corrected chi connectivity index (χ2v) is 8.67. The van der Waals surface area contributed by atoms with E-state index in [1.165, 1.54) is 6.07 Å². The molecule has 0 saturated carbocycles. The average Bonchev–Trinajstić information content (AvgIpc) is 2.79. The van der Waals surface area contributed by atoms with Crippen molar-refractivity contribution in [3.05, 3.63) is 70.8 Å². The van der Waals surface area contributed by atoms with Crippen molar-refractivity contribution in [2.75, 3.05) is 33.3 Å². The quantitative estimate of drug-likeness (QED) is 0.659. The Balaban J connectivity index is 1.49. The fourth-order valence-electron chi connectivity index (χ4n) is 3.67. The number of benzene rings is 2. The predicted molar refractivity (Wildman–Crippen MR) is 122 cm³/mol. The summed E-state index contributed by atoms with van der Waals surface area (Å²) in [5.41, 5.74) is 2.01. The molecule has 2 amide bonds. The lowest BCUT2D eigenvalue weighted by molar-refractivity contribution is -0.121. The van der Waals surface area contributed by atoms with E-state index in [1.807, 2.05) is 19.9 Å². The Hall–Kier alpha value is -2.84. The van der Waals surface area contributed by atoms with Crippen LogP contribution in [0.15, 0.2) is 42.5 Å². The second kappa shape index (κ2) is 11.3. The van der Waals surface area contributed by atoms with Gasteiger partial charge in [-0.3, -0.25) is 14.5 Å². The van der Waals surface area contributed by atoms with Crippen molar-refractivity contribution in [3.63, 3.8) is 0 Å². The standard InChI is InChI=1S/C25H31F2N3O3/c1-17(2)29(3)25(32)20-6-4-5-18(11-20)13-24(31)28-14-21-16-30(9-10-33-21)15-19-7-8-22(26)23(27)12-19/h4-8,11-12,17,21H,9-10,13-16H2,1-3H3,(H,28,31)/t21-/m0/s1. The Labute approximate surface area is 193 Å². The molecule has 178 valence electrons. The third-order valence-corrected chi connectivity index (χ3v) is 5.77. The van der Waals surface area contributed by atoms with Gasteiger partial charge in [-0.15, -0.1) is 0 Å². The van der Waals surface area contributed by atoms with Crippen LogP contribution in [0.25, 0.3) is 0 Å². The van der Waals surface area contributed by atoms with E-state index in [0.717, 1.165) is 11.6 Å². The van der Waals surface area contributed by atoms with Crippen LogP contribution in [0.1, 0.15) is 35.3 Å². The highest BCUT2D eigenvalue weighted by molar-refractivity contribution is 5.94. The van der Waals surface area contributed by atoms with Gasteiger partial charge >= 0.3 is 0 Å². The number of nitrogens with zero attached hydrogens (tertiary/aromatic N) is 2. The summed E-state index contributed by atoms with van der Waals surface area (Å²) in [5, 5.41) is 2.90. The van der Waals surface area contributed by atoms with Crippen LogP contribution < -0.4 is 5.32 Å². The summed E-state index contributed by atoms with van der Waals surface area (Å²) < 4.78 is 32.3. The molecule has 2 aromatic carbocycles. The molecule has 0 bridgehead atoms. The highest BCUT2D eigenvalue weighted by atomic mass is 19.2. The van der Waals surface area contributed by atoms with Crippen LogP contribution in [0, 0.1) is 11.6 Å². The van der Waals surface area contributed by atoms with Gasteiger partial charge < -0.3 is 15.0 Å². The van der Waals surface area contributed by atoms with Gasteiger partial charge in [0.05, 0.1) is 19.1 Å². The monoisotopic (exact) mass is 459 g/mol. The van der Waals surface area contributed by atoms with Crippen LogP contribution in [0.4, 0.5) is 8.78 Å². The molecule has 1 saturated heterocycles. The third kappa shape index (κ3) is 7.07. The fraction of sp³-hybridized carbons (Fsp3) is 0.440. The number of carbonyl (C=O) groups is 2. The van der Waals surface area contributed by atoms with Crippen molar-refractivity contribution in [2.45, 2.75) is 39.0 Å². The molecule has 0 unspecified atom stereocenters. The number of hydrogen-bond donors (Lipinski definition) is 1. The first-order valence-corrected chi connectivity index (χ1v) is 11.1. The minimum absolute atomic E-state index is 0.0796. The number of rotatable bonds is 8. The first-order valence-electron chi connectivity index (χ1n) is 11.1. The average molecular weight is 460 g/mol. The fourth-order valence-corrected chi connectivity index (χ4v) is 3.67. The van der Waals surface area contributed by atoms with Gasteiger partial charge in [0.25, 0.3) is 5.91 Å². The third-order valence-electron chi connectivity index (χ3n) is 5.77. The highest BCUT2D eigenvalue weighted by Crippen LogP contribution is 2.14. The largest absolute Gasteiger partial charge is 0.374 e. The summed E-state index contributed by atoms with van der Waals surface area (Å²) in [6, 6.07) is 11.1. The SMILES string of the molecule is CC(C)N(C)C(=O)c1cccc(CC(=O)NC[C@H]2CN(Cc3ccc(F)c(F)c3)CCO2)c1. The molecule has 2 aromatic rings. The normalized spacial score (nSPS) is 16.6. The maximum absolute atomic E-state index is 13.5. The zero-order valence-corrected chi connectivity index (χ0v) is 19.3. The molecule has 1 fully saturated rings. The van der Waals surface area contributed by atoms with E-state index in [2.05, 4.69) is 10.2 Å². The smallest absolute Gasteiger partial charge is 0.253 e. The minimum Gasteiger partial charge on any atom is -0.374 e. The van der Waals surface area contributed by atoms with Gasteiger partial charge in [0.15, 0.2) is 11.6 Å². The number of amides is 2. The molecular formula is C25H31F2N3O3. The Kier molecular flexibility index (Phi) is 8.52. The van der Waals surface area contributed by atoms with E-state index >= 15 is 0 Å². The molecule has 0 aliphatic carbocycles. The Bertz CT molecular complexity index is 983. The van der Waals surface area contributed by atoms with E-state index in [0.29, 0.717) is 43.9 Å². The van der Waals surface area contributed by atoms with Crippen molar-refractivity contribution in [1.29, 1.82) is 0 Å². The molecule has 3 rings (SSSR count). The predicted octanol–water partition coefficient (Wildman–Crippen LogP) is 3.00. The lowest BCUT2D eigenvalue weighted by Gasteiger charge is -2.33. The zero-order chi connectivity index (χ0) is 24.0. The summed E-state index contributed by atoms with van der Waals surface area (Å²) in [7, 11) is 1.76. The van der Waals surface area contributed by atoms with E-state index in [9.17, 15) is 18.4 Å². The summed E-state index contributed by atoms with van der Waals surface area (Å²) in [6.07, 6.45) is -0.0294. The van der Waals surface area contributed by atoms with Crippen LogP contribution in [-0.2, 0) is 22.5 Å². The number of ether oxygens (including phenoxy) is 1. The lowest BCUT2D eigenvalue weighted by Crippen LogP contribution is -2.47. The number of carbonyl (C=O) groups excluding carboxylic acids is 2. The van der Waals surface area contributed by atoms with Gasteiger partial charge in [0, 0.05) is 44.8 Å². The number of hydrogen-bond acceptors (Lipinski definition) is 4. The van der Waals surface area contributed by atoms with Crippen molar-refractivity contribution < 1.29 is 23.1 Å². The Morgan fingerprint density at radius 3 is 2.67 bits per heavy atom. The first-order chi connectivity index (χ1) is 15.7. The van der Waals surface area contributed by atoms with E-state index in [4.69, 9.17) is 4.74 Å².